The summed E-state index contributed by atoms with van der Waals surface area (Å²) in [6.07, 6.45) is 6.36. The predicted molar refractivity (Wildman–Crippen MR) is 277 cm³/mol. The van der Waals surface area contributed by atoms with Crippen molar-refractivity contribution in [3.05, 3.63) is 234 Å². The van der Waals surface area contributed by atoms with Gasteiger partial charge in [0.1, 0.15) is 12.0 Å². The quantitative estimate of drug-likeness (QED) is 0.172. The van der Waals surface area contributed by atoms with Gasteiger partial charge < -0.3 is 14.5 Å². The van der Waals surface area contributed by atoms with Crippen molar-refractivity contribution < 1.29 is 0 Å². The van der Waals surface area contributed by atoms with Crippen molar-refractivity contribution in [2.24, 2.45) is 9.98 Å². The van der Waals surface area contributed by atoms with Crippen LogP contribution in [-0.2, 0) is 6.42 Å². The fraction of sp³-hybridized carbons (Fsp3) is 0.0492. The lowest BCUT2D eigenvalue weighted by atomic mass is 9.95. The van der Waals surface area contributed by atoms with Crippen molar-refractivity contribution >= 4 is 93.5 Å². The highest BCUT2D eigenvalue weighted by atomic mass is 15.2. The lowest BCUT2D eigenvalue weighted by molar-refractivity contribution is 0.680. The average Bonchev–Trinajstić information content (AvgIpc) is 3.89. The van der Waals surface area contributed by atoms with E-state index in [9.17, 15) is 0 Å². The number of aliphatic imine (C=N–C) groups is 2. The van der Waals surface area contributed by atoms with Gasteiger partial charge in [0.05, 0.1) is 22.2 Å². The molecule has 0 bridgehead atoms. The number of benzene rings is 10. The number of fused-ring (bicyclic) bond motifs is 11. The molecule has 2 aliphatic rings. The topological polar surface area (TPSA) is 46.6 Å². The second-order valence-corrected chi connectivity index (χ2v) is 17.7. The summed E-state index contributed by atoms with van der Waals surface area (Å²) in [6, 6.07) is 72.8. The van der Waals surface area contributed by atoms with Crippen LogP contribution in [0.25, 0.3) is 93.2 Å². The first-order valence-electron chi connectivity index (χ1n) is 22.9. The van der Waals surface area contributed by atoms with E-state index in [0.717, 1.165) is 62.9 Å². The smallest absolute Gasteiger partial charge is 0.159 e. The van der Waals surface area contributed by atoms with Crippen LogP contribution in [0.3, 0.4) is 0 Å². The monoisotopic (exact) mass is 843 g/mol. The van der Waals surface area contributed by atoms with E-state index < -0.39 is 6.17 Å². The number of hydrogen-bond donors (Lipinski definition) is 1. The van der Waals surface area contributed by atoms with Crippen molar-refractivity contribution in [1.29, 1.82) is 0 Å². The van der Waals surface area contributed by atoms with E-state index in [2.05, 4.69) is 221 Å². The summed E-state index contributed by atoms with van der Waals surface area (Å²) >= 11 is 0. The molecule has 1 atom stereocenters. The minimum atomic E-state index is -0.406. The number of hydrogen-bond acceptors (Lipinski definition) is 3. The van der Waals surface area contributed by atoms with E-state index in [1.54, 1.807) is 0 Å². The third kappa shape index (κ3) is 5.66. The van der Waals surface area contributed by atoms with Gasteiger partial charge in [0, 0.05) is 44.2 Å². The molecule has 0 saturated heterocycles. The van der Waals surface area contributed by atoms with Crippen LogP contribution in [0.2, 0.25) is 0 Å². The zero-order valence-electron chi connectivity index (χ0n) is 36.0. The minimum absolute atomic E-state index is 0.406. The van der Waals surface area contributed by atoms with Gasteiger partial charge in [0.2, 0.25) is 0 Å². The molecule has 1 unspecified atom stereocenters. The Morgan fingerprint density at radius 2 is 1.14 bits per heavy atom. The maximum Gasteiger partial charge on any atom is 0.159 e. The van der Waals surface area contributed by atoms with Crippen LogP contribution in [0, 0.1) is 0 Å². The van der Waals surface area contributed by atoms with Crippen LogP contribution in [0.15, 0.2) is 216 Å². The summed E-state index contributed by atoms with van der Waals surface area (Å²) < 4.78 is 4.91. The van der Waals surface area contributed by atoms with E-state index in [-0.39, 0.29) is 0 Å². The third-order valence-electron chi connectivity index (χ3n) is 14.0. The number of aromatic nitrogens is 2. The molecule has 5 nitrogen and oxygen atoms in total. The first-order valence-corrected chi connectivity index (χ1v) is 22.9. The molecule has 2 aromatic heterocycles. The summed E-state index contributed by atoms with van der Waals surface area (Å²) in [7, 11) is 0. The summed E-state index contributed by atoms with van der Waals surface area (Å²) in [4.78, 5) is 10.9. The van der Waals surface area contributed by atoms with Gasteiger partial charge in [0.15, 0.2) is 5.84 Å². The summed E-state index contributed by atoms with van der Waals surface area (Å²) in [6.45, 7) is 0. The molecule has 1 aliphatic heterocycles. The highest BCUT2D eigenvalue weighted by Crippen LogP contribution is 2.40. The molecule has 1 N–H and O–H groups in total. The maximum atomic E-state index is 5.45. The zero-order chi connectivity index (χ0) is 43.3. The van der Waals surface area contributed by atoms with Crippen molar-refractivity contribution in [2.75, 3.05) is 0 Å². The number of rotatable bonds is 5. The van der Waals surface area contributed by atoms with Gasteiger partial charge in [-0.15, -0.1) is 0 Å². The van der Waals surface area contributed by atoms with E-state index in [4.69, 9.17) is 9.98 Å². The lowest BCUT2D eigenvalue weighted by Crippen LogP contribution is -2.34. The number of allylic oxidation sites excluding steroid dienone is 1. The highest BCUT2D eigenvalue weighted by Gasteiger charge is 2.27. The Hall–Kier alpha value is -8.54. The number of amidine groups is 2. The van der Waals surface area contributed by atoms with Crippen LogP contribution in [0.4, 0.5) is 0 Å². The molecule has 310 valence electrons. The molecular formula is C61H41N5. The number of nitrogens with one attached hydrogen (secondary N) is 1. The van der Waals surface area contributed by atoms with Gasteiger partial charge in [-0.3, -0.25) is 0 Å². The maximum absolute atomic E-state index is 5.45. The minimum Gasteiger partial charge on any atom is -0.344 e. The number of aryl methyl sites for hydroxylation is 1. The largest absolute Gasteiger partial charge is 0.344 e. The normalized spacial score (nSPS) is 14.9. The van der Waals surface area contributed by atoms with Crippen molar-refractivity contribution in [3.8, 4) is 11.4 Å². The Labute approximate surface area is 380 Å². The molecule has 66 heavy (non-hydrogen) atoms. The molecule has 14 rings (SSSR count). The molecule has 0 radical (unpaired) electrons. The fourth-order valence-corrected chi connectivity index (χ4v) is 10.9. The molecule has 0 spiro atoms. The van der Waals surface area contributed by atoms with Crippen molar-refractivity contribution in [2.45, 2.75) is 19.0 Å². The molecule has 3 heterocycles. The molecule has 5 heteroatoms. The van der Waals surface area contributed by atoms with Crippen LogP contribution in [0.1, 0.15) is 40.5 Å². The first-order chi connectivity index (χ1) is 32.7. The second-order valence-electron chi connectivity index (χ2n) is 17.7. The average molecular weight is 844 g/mol. The number of para-hydroxylation sites is 2. The van der Waals surface area contributed by atoms with Crippen molar-refractivity contribution in [1.82, 2.24) is 14.5 Å². The Balaban J connectivity index is 0.992. The summed E-state index contributed by atoms with van der Waals surface area (Å²) in [5, 5.41) is 17.2. The van der Waals surface area contributed by atoms with Crippen molar-refractivity contribution in [3.63, 3.8) is 0 Å². The predicted octanol–water partition coefficient (Wildman–Crippen LogP) is 14.8. The molecule has 12 aromatic rings. The molecule has 0 fully saturated rings. The fourth-order valence-electron chi connectivity index (χ4n) is 10.9. The van der Waals surface area contributed by atoms with Crippen LogP contribution >= 0.6 is 0 Å². The van der Waals surface area contributed by atoms with Gasteiger partial charge in [-0.1, -0.05) is 152 Å². The Kier molecular flexibility index (Phi) is 8.10. The van der Waals surface area contributed by atoms with E-state index in [1.165, 1.54) is 70.9 Å². The van der Waals surface area contributed by atoms with E-state index >= 15 is 0 Å². The van der Waals surface area contributed by atoms with Gasteiger partial charge in [-0.2, -0.15) is 0 Å². The molecule has 1 aliphatic carbocycles. The Morgan fingerprint density at radius 1 is 0.470 bits per heavy atom. The Morgan fingerprint density at radius 3 is 1.97 bits per heavy atom. The second kappa shape index (κ2) is 14.5. The van der Waals surface area contributed by atoms with Crippen LogP contribution < -0.4 is 5.32 Å². The van der Waals surface area contributed by atoms with Crippen LogP contribution in [-0.4, -0.2) is 20.8 Å². The first kappa shape index (κ1) is 36.9. The van der Waals surface area contributed by atoms with Gasteiger partial charge in [-0.25, -0.2) is 9.98 Å². The SMILES string of the molecule is C1=Cc2c(c3ccccc3n2-c2ccc3cc4c(cc3c2)c2ccccc2n4-c2cc3ccccc3cc2C2=NC(c3ccccc3)=NC(c3cc4ccccc4c4ccccc34)N2)CC1. The van der Waals surface area contributed by atoms with E-state index in [0.29, 0.717) is 5.84 Å². The highest BCUT2D eigenvalue weighted by molar-refractivity contribution is 6.19. The molecule has 0 amide bonds. The Bertz CT molecular complexity index is 4090. The lowest BCUT2D eigenvalue weighted by Gasteiger charge is -2.27. The molecule has 0 saturated carbocycles. The molecule has 10 aromatic carbocycles. The van der Waals surface area contributed by atoms with Gasteiger partial charge in [0.25, 0.3) is 0 Å². The summed E-state index contributed by atoms with van der Waals surface area (Å²) in [5.74, 6) is 1.47. The zero-order valence-corrected chi connectivity index (χ0v) is 36.0. The van der Waals surface area contributed by atoms with E-state index in [1.807, 2.05) is 6.07 Å². The third-order valence-corrected chi connectivity index (χ3v) is 14.0. The van der Waals surface area contributed by atoms with Crippen LogP contribution in [0.5, 0.6) is 0 Å². The number of nitrogens with zero attached hydrogens (tertiary/aromatic N) is 4. The van der Waals surface area contributed by atoms with Gasteiger partial charge in [-0.05, 0) is 122 Å². The van der Waals surface area contributed by atoms with Gasteiger partial charge >= 0.3 is 0 Å². The standard InChI is InChI=1S/C61H41N5/c1-2-16-38(17-3-1)59-62-60(52-34-42-20-6-7-21-45(42)46-22-8-9-23-47(46)52)64-61(63-59)53-33-39-18-4-5-19-40(39)36-58(53)66-56-29-15-12-26-50(56)51-35-43-32-44(31-30-41(43)37-57(51)66)65-54-27-13-10-24-48(54)49-25-11-14-28-55(49)65/h1-10,12-24,26-37,60H,11,25H2,(H,62,63,64). The molecular weight excluding hydrogens is 803 g/mol. The summed E-state index contributed by atoms with van der Waals surface area (Å²) in [5.41, 5.74) is 11.6.